The van der Waals surface area contributed by atoms with E-state index in [1.807, 2.05) is 20.8 Å². The van der Waals surface area contributed by atoms with Crippen LogP contribution >= 0.6 is 0 Å². The van der Waals surface area contributed by atoms with Crippen molar-refractivity contribution < 1.29 is 8.78 Å². The van der Waals surface area contributed by atoms with Crippen LogP contribution in [0, 0.1) is 18.6 Å². The normalized spacial score (nSPS) is 10.6. The van der Waals surface area contributed by atoms with Crippen LogP contribution in [0.4, 0.5) is 8.78 Å². The molecule has 0 spiro atoms. The second-order valence-electron chi connectivity index (χ2n) is 6.37. The average Bonchev–Trinajstić information content (AvgIpc) is 3.05. The van der Waals surface area contributed by atoms with Crippen LogP contribution in [0.15, 0.2) is 34.2 Å². The lowest BCUT2D eigenvalue weighted by molar-refractivity contribution is 0.532. The third-order valence-corrected chi connectivity index (χ3v) is 4.15. The Kier molecular flexibility index (Phi) is 8.05. The highest BCUT2D eigenvalue weighted by atomic mass is 19.1. The summed E-state index contributed by atoms with van der Waals surface area (Å²) >= 11 is 0. The van der Waals surface area contributed by atoms with Crippen LogP contribution in [0.2, 0.25) is 0 Å². The maximum absolute atomic E-state index is 14.5. The number of benzene rings is 1. The Balaban J connectivity index is 0.00000155. The Labute approximate surface area is 173 Å². The molecular weight excluding hydrogens is 392 g/mol. The number of hydrogen-bond donors (Lipinski definition) is 4. The lowest BCUT2D eigenvalue weighted by Gasteiger charge is -2.11. The standard InChI is InChI=1S/C18H21F2N7O.C2H6/c1-10-5-11-9-27(18(28)26-16(11)25-10)12-6-14(19)13(15(20)7-12)8-23-3-2-4-24-17(21)22;1-2/h5-7,9,23H,2-4,8H2,1H3,(H4,21,22,24)(H,25,26,28);1-2H3. The number of fused-ring (bicyclic) bond motifs is 1. The van der Waals surface area contributed by atoms with Crippen LogP contribution in [0.5, 0.6) is 0 Å². The number of halogens is 2. The highest BCUT2D eigenvalue weighted by molar-refractivity contribution is 5.76. The molecule has 0 aliphatic rings. The fourth-order valence-corrected chi connectivity index (χ4v) is 2.84. The first-order chi connectivity index (χ1) is 14.3. The van der Waals surface area contributed by atoms with Crippen LogP contribution < -0.4 is 22.5 Å². The molecule has 2 aromatic heterocycles. The second-order valence-corrected chi connectivity index (χ2v) is 6.37. The molecule has 30 heavy (non-hydrogen) atoms. The number of nitrogens with one attached hydrogen (secondary N) is 2. The summed E-state index contributed by atoms with van der Waals surface area (Å²) in [4.78, 5) is 22.9. The number of H-pyrrole nitrogens is 1. The van der Waals surface area contributed by atoms with E-state index in [1.54, 1.807) is 6.07 Å². The summed E-state index contributed by atoms with van der Waals surface area (Å²) in [5.41, 5.74) is 11.0. The topological polar surface area (TPSA) is 127 Å². The van der Waals surface area contributed by atoms with E-state index in [2.05, 4.69) is 20.3 Å². The van der Waals surface area contributed by atoms with Gasteiger partial charge in [0.2, 0.25) is 0 Å². The number of nitrogens with two attached hydrogens (primary N) is 2. The van der Waals surface area contributed by atoms with Crippen molar-refractivity contribution in [1.82, 2.24) is 19.9 Å². The molecule has 8 nitrogen and oxygen atoms in total. The minimum absolute atomic E-state index is 0.00293. The SMILES string of the molecule is CC.Cc1cc2cn(-c3cc(F)c(CNCCCN=C(N)N)c(F)c3)c(=O)nc2[nH]1. The summed E-state index contributed by atoms with van der Waals surface area (Å²) in [5.74, 6) is -1.49. The third kappa shape index (κ3) is 5.63. The highest BCUT2D eigenvalue weighted by Gasteiger charge is 2.14. The molecule has 6 N–H and O–H groups in total. The van der Waals surface area contributed by atoms with Gasteiger partial charge in [-0.1, -0.05) is 13.8 Å². The Hall–Kier alpha value is -3.27. The number of hydrogen-bond acceptors (Lipinski definition) is 4. The van der Waals surface area contributed by atoms with Gasteiger partial charge in [0.05, 0.1) is 5.69 Å². The molecule has 0 radical (unpaired) electrons. The Morgan fingerprint density at radius 1 is 1.23 bits per heavy atom. The van der Waals surface area contributed by atoms with Gasteiger partial charge >= 0.3 is 5.69 Å². The molecule has 3 rings (SSSR count). The molecule has 0 aliphatic heterocycles. The van der Waals surface area contributed by atoms with Gasteiger partial charge in [-0.05, 0) is 38.1 Å². The van der Waals surface area contributed by atoms with Crippen molar-refractivity contribution in [1.29, 1.82) is 0 Å². The van der Waals surface area contributed by atoms with Gasteiger partial charge in [0.15, 0.2) is 5.96 Å². The van der Waals surface area contributed by atoms with Crippen LogP contribution in [-0.4, -0.2) is 33.6 Å². The van der Waals surface area contributed by atoms with E-state index in [0.717, 1.165) is 22.4 Å². The summed E-state index contributed by atoms with van der Waals surface area (Å²) in [6, 6.07) is 4.04. The van der Waals surface area contributed by atoms with E-state index < -0.39 is 17.3 Å². The van der Waals surface area contributed by atoms with E-state index in [9.17, 15) is 13.6 Å². The predicted molar refractivity (Wildman–Crippen MR) is 115 cm³/mol. The molecular formula is C20H27F2N7O. The third-order valence-electron chi connectivity index (χ3n) is 4.15. The second kappa shape index (κ2) is 10.5. The fraction of sp³-hybridized carbons (Fsp3) is 0.350. The molecule has 0 saturated heterocycles. The maximum atomic E-state index is 14.5. The lowest BCUT2D eigenvalue weighted by Crippen LogP contribution is -2.24. The van der Waals surface area contributed by atoms with E-state index in [1.165, 1.54) is 6.20 Å². The molecule has 0 amide bonds. The van der Waals surface area contributed by atoms with Gasteiger partial charge in [-0.25, -0.2) is 13.6 Å². The number of nitrogens with zero attached hydrogens (tertiary/aromatic N) is 3. The largest absolute Gasteiger partial charge is 0.370 e. The first-order valence-corrected chi connectivity index (χ1v) is 9.68. The van der Waals surface area contributed by atoms with Gasteiger partial charge in [-0.15, -0.1) is 0 Å². The quantitative estimate of drug-likeness (QED) is 0.265. The van der Waals surface area contributed by atoms with Crippen molar-refractivity contribution in [3.8, 4) is 5.69 Å². The maximum Gasteiger partial charge on any atom is 0.354 e. The summed E-state index contributed by atoms with van der Waals surface area (Å²) in [6.45, 7) is 6.75. The number of aliphatic imine (C=N–C) groups is 1. The van der Waals surface area contributed by atoms with Gasteiger partial charge in [0.25, 0.3) is 0 Å². The summed E-state index contributed by atoms with van der Waals surface area (Å²) in [7, 11) is 0. The number of rotatable bonds is 7. The van der Waals surface area contributed by atoms with Gasteiger partial charge in [-0.3, -0.25) is 9.56 Å². The van der Waals surface area contributed by atoms with Crippen molar-refractivity contribution in [3.05, 3.63) is 57.8 Å². The molecule has 0 atom stereocenters. The molecule has 3 aromatic rings. The molecule has 0 unspecified atom stereocenters. The lowest BCUT2D eigenvalue weighted by atomic mass is 10.1. The monoisotopic (exact) mass is 419 g/mol. The first-order valence-electron chi connectivity index (χ1n) is 9.68. The molecule has 0 saturated carbocycles. The minimum Gasteiger partial charge on any atom is -0.370 e. The Morgan fingerprint density at radius 2 is 1.90 bits per heavy atom. The molecule has 0 bridgehead atoms. The van der Waals surface area contributed by atoms with Gasteiger partial charge < -0.3 is 21.8 Å². The zero-order valence-corrected chi connectivity index (χ0v) is 17.3. The van der Waals surface area contributed by atoms with Crippen molar-refractivity contribution in [2.45, 2.75) is 33.7 Å². The molecule has 0 fully saturated rings. The van der Waals surface area contributed by atoms with Crippen molar-refractivity contribution in [2.75, 3.05) is 13.1 Å². The van der Waals surface area contributed by atoms with Crippen molar-refractivity contribution >= 4 is 17.0 Å². The molecule has 10 heteroatoms. The van der Waals surface area contributed by atoms with Crippen molar-refractivity contribution in [3.63, 3.8) is 0 Å². The van der Waals surface area contributed by atoms with Gasteiger partial charge in [0.1, 0.15) is 17.3 Å². The Morgan fingerprint density at radius 3 is 2.53 bits per heavy atom. The van der Waals surface area contributed by atoms with Crippen molar-refractivity contribution in [2.24, 2.45) is 16.5 Å². The van der Waals surface area contributed by atoms with E-state index >= 15 is 0 Å². The average molecular weight is 419 g/mol. The Bertz CT molecular complexity index is 1060. The smallest absolute Gasteiger partial charge is 0.354 e. The number of guanidine groups is 1. The molecule has 162 valence electrons. The molecule has 1 aromatic carbocycles. The van der Waals surface area contributed by atoms with Gasteiger partial charge in [-0.2, -0.15) is 4.98 Å². The zero-order valence-electron chi connectivity index (χ0n) is 17.3. The van der Waals surface area contributed by atoms with Crippen LogP contribution in [0.3, 0.4) is 0 Å². The van der Waals surface area contributed by atoms with Crippen LogP contribution in [-0.2, 0) is 6.54 Å². The number of aromatic nitrogens is 3. The molecule has 2 heterocycles. The highest BCUT2D eigenvalue weighted by Crippen LogP contribution is 2.19. The van der Waals surface area contributed by atoms with E-state index in [4.69, 9.17) is 11.5 Å². The zero-order chi connectivity index (χ0) is 22.3. The molecule has 0 aliphatic carbocycles. The minimum atomic E-state index is -0.746. The summed E-state index contributed by atoms with van der Waals surface area (Å²) in [6.07, 6.45) is 2.13. The van der Waals surface area contributed by atoms with E-state index in [0.29, 0.717) is 30.5 Å². The van der Waals surface area contributed by atoms with Crippen LogP contribution in [0.1, 0.15) is 31.5 Å². The van der Waals surface area contributed by atoms with Crippen LogP contribution in [0.25, 0.3) is 16.7 Å². The summed E-state index contributed by atoms with van der Waals surface area (Å²) < 4.78 is 30.0. The predicted octanol–water partition coefficient (Wildman–Crippen LogP) is 2.08. The number of aromatic amines is 1. The summed E-state index contributed by atoms with van der Waals surface area (Å²) in [5, 5.41) is 3.61. The number of aryl methyl sites for hydroxylation is 1. The van der Waals surface area contributed by atoms with Gasteiger partial charge in [0, 0.05) is 35.9 Å². The van der Waals surface area contributed by atoms with E-state index in [-0.39, 0.29) is 23.8 Å². The first kappa shape index (κ1) is 23.0. The fourth-order valence-electron chi connectivity index (χ4n) is 2.84.